The van der Waals surface area contributed by atoms with Crippen molar-refractivity contribution in [1.29, 1.82) is 0 Å². The summed E-state index contributed by atoms with van der Waals surface area (Å²) in [5.41, 5.74) is 8.95. The summed E-state index contributed by atoms with van der Waals surface area (Å²) >= 11 is 3.28. The van der Waals surface area contributed by atoms with E-state index in [0.717, 1.165) is 11.1 Å². The second kappa shape index (κ2) is 5.41. The molecule has 0 radical (unpaired) electrons. The zero-order chi connectivity index (χ0) is 15.0. The van der Waals surface area contributed by atoms with E-state index in [4.69, 9.17) is 14.7 Å². The molecule has 2 heterocycles. The highest BCUT2D eigenvalue weighted by molar-refractivity contribution is 9.10. The number of anilines is 1. The molecule has 0 atom stereocenters. The fraction of sp³-hybridized carbons (Fsp3) is 0.188. The molecule has 0 aliphatic carbocycles. The monoisotopic (exact) mass is 346 g/mol. The number of rotatable bonds is 3. The van der Waals surface area contributed by atoms with Crippen LogP contribution in [0.3, 0.4) is 0 Å². The molecule has 0 saturated carbocycles. The molecule has 0 aliphatic heterocycles. The smallest absolute Gasteiger partial charge is 0.212 e. The Kier molecular flexibility index (Phi) is 3.59. The van der Waals surface area contributed by atoms with E-state index in [1.54, 1.807) is 6.07 Å². The first-order valence-corrected chi connectivity index (χ1v) is 7.46. The van der Waals surface area contributed by atoms with E-state index in [2.05, 4.69) is 47.1 Å². The van der Waals surface area contributed by atoms with Gasteiger partial charge in [0.1, 0.15) is 0 Å². The Morgan fingerprint density at radius 2 is 1.81 bits per heavy atom. The fourth-order valence-electron chi connectivity index (χ4n) is 2.22. The normalized spacial score (nSPS) is 11.2. The van der Waals surface area contributed by atoms with Gasteiger partial charge in [0.25, 0.3) is 0 Å². The third kappa shape index (κ3) is 2.61. The van der Waals surface area contributed by atoms with Crippen LogP contribution < -0.4 is 5.73 Å². The van der Waals surface area contributed by atoms with Gasteiger partial charge in [-0.25, -0.2) is 0 Å². The minimum absolute atomic E-state index is 0.356. The number of hydrogen-bond acceptors (Lipinski definition) is 4. The van der Waals surface area contributed by atoms with Crippen LogP contribution in [0.1, 0.15) is 25.3 Å². The molecular formula is C16H15BrN2O2. The van der Waals surface area contributed by atoms with Crippen LogP contribution in [-0.4, -0.2) is 5.16 Å². The van der Waals surface area contributed by atoms with Gasteiger partial charge in [0.05, 0.1) is 5.56 Å². The molecule has 0 unspecified atom stereocenters. The van der Waals surface area contributed by atoms with Crippen LogP contribution in [0, 0.1) is 0 Å². The molecule has 108 valence electrons. The Balaban J connectivity index is 2.08. The molecule has 0 bridgehead atoms. The third-order valence-electron chi connectivity index (χ3n) is 3.38. The zero-order valence-corrected chi connectivity index (χ0v) is 13.3. The molecule has 5 heteroatoms. The van der Waals surface area contributed by atoms with Crippen molar-refractivity contribution in [2.24, 2.45) is 0 Å². The highest BCUT2D eigenvalue weighted by Crippen LogP contribution is 2.38. The van der Waals surface area contributed by atoms with Crippen molar-refractivity contribution in [1.82, 2.24) is 5.16 Å². The van der Waals surface area contributed by atoms with Crippen molar-refractivity contribution in [3.8, 4) is 22.6 Å². The van der Waals surface area contributed by atoms with Gasteiger partial charge in [-0.15, -0.1) is 0 Å². The molecule has 3 aromatic rings. The average molecular weight is 347 g/mol. The van der Waals surface area contributed by atoms with E-state index in [-0.39, 0.29) is 0 Å². The Bertz CT molecular complexity index is 757. The van der Waals surface area contributed by atoms with Crippen LogP contribution in [0.25, 0.3) is 22.6 Å². The zero-order valence-electron chi connectivity index (χ0n) is 11.8. The third-order valence-corrected chi connectivity index (χ3v) is 3.81. The van der Waals surface area contributed by atoms with Gasteiger partial charge < -0.3 is 14.7 Å². The molecule has 0 spiro atoms. The number of hydrogen-bond donors (Lipinski definition) is 1. The van der Waals surface area contributed by atoms with Crippen molar-refractivity contribution in [3.05, 3.63) is 46.6 Å². The largest absolute Gasteiger partial charge is 0.446 e. The average Bonchev–Trinajstić information content (AvgIpc) is 3.05. The molecular weight excluding hydrogens is 332 g/mol. The van der Waals surface area contributed by atoms with E-state index in [0.29, 0.717) is 27.9 Å². The topological polar surface area (TPSA) is 65.2 Å². The number of nitrogen functional groups attached to an aromatic ring is 1. The number of benzene rings is 1. The second-order valence-electron chi connectivity index (χ2n) is 5.15. The first-order valence-electron chi connectivity index (χ1n) is 6.67. The summed E-state index contributed by atoms with van der Waals surface area (Å²) in [5.74, 6) is 1.97. The van der Waals surface area contributed by atoms with Gasteiger partial charge in [-0.05, 0) is 45.1 Å². The van der Waals surface area contributed by atoms with Crippen molar-refractivity contribution in [2.75, 3.05) is 5.73 Å². The van der Waals surface area contributed by atoms with Crippen LogP contribution >= 0.6 is 15.9 Å². The summed E-state index contributed by atoms with van der Waals surface area (Å²) < 4.78 is 11.5. The minimum atomic E-state index is 0.356. The summed E-state index contributed by atoms with van der Waals surface area (Å²) in [7, 11) is 0. The molecule has 0 aliphatic rings. The van der Waals surface area contributed by atoms with Crippen molar-refractivity contribution in [3.63, 3.8) is 0 Å². The Morgan fingerprint density at radius 1 is 1.10 bits per heavy atom. The standard InChI is InChI=1S/C16H15BrN2O2/c1-9(2)10-3-5-11(6-4-10)14-15(21-19-16(14)18)12-7-8-13(17)20-12/h3-9H,1-2H3,(H2,18,19). The molecule has 0 saturated heterocycles. The predicted octanol–water partition coefficient (Wildman–Crippen LogP) is 5.07. The predicted molar refractivity (Wildman–Crippen MR) is 85.8 cm³/mol. The van der Waals surface area contributed by atoms with E-state index in [1.165, 1.54) is 5.56 Å². The highest BCUT2D eigenvalue weighted by atomic mass is 79.9. The van der Waals surface area contributed by atoms with Crippen molar-refractivity contribution in [2.45, 2.75) is 19.8 Å². The van der Waals surface area contributed by atoms with Crippen molar-refractivity contribution >= 4 is 21.7 Å². The minimum Gasteiger partial charge on any atom is -0.446 e. The van der Waals surface area contributed by atoms with E-state index >= 15 is 0 Å². The van der Waals surface area contributed by atoms with Crippen LogP contribution in [0.15, 0.2) is 50.0 Å². The van der Waals surface area contributed by atoms with E-state index in [9.17, 15) is 0 Å². The quantitative estimate of drug-likeness (QED) is 0.718. The van der Waals surface area contributed by atoms with Gasteiger partial charge in [-0.3, -0.25) is 0 Å². The number of aromatic nitrogens is 1. The summed E-state index contributed by atoms with van der Waals surface area (Å²) in [5, 5.41) is 3.86. The molecule has 4 nitrogen and oxygen atoms in total. The van der Waals surface area contributed by atoms with Gasteiger partial charge >= 0.3 is 0 Å². The number of nitrogens with two attached hydrogens (primary N) is 1. The van der Waals surface area contributed by atoms with Crippen LogP contribution in [0.2, 0.25) is 0 Å². The maximum atomic E-state index is 5.96. The molecule has 21 heavy (non-hydrogen) atoms. The summed E-state index contributed by atoms with van der Waals surface area (Å²) in [6.07, 6.45) is 0. The SMILES string of the molecule is CC(C)c1ccc(-c2c(N)noc2-c2ccc(Br)o2)cc1. The summed E-state index contributed by atoms with van der Waals surface area (Å²) in [6, 6.07) is 11.9. The lowest BCUT2D eigenvalue weighted by molar-refractivity contribution is 0.419. The van der Waals surface area contributed by atoms with Crippen LogP contribution in [0.4, 0.5) is 5.82 Å². The van der Waals surface area contributed by atoms with E-state index < -0.39 is 0 Å². The number of furan rings is 1. The Morgan fingerprint density at radius 3 is 2.38 bits per heavy atom. The molecule has 2 N–H and O–H groups in total. The first kappa shape index (κ1) is 13.9. The van der Waals surface area contributed by atoms with Crippen molar-refractivity contribution < 1.29 is 8.94 Å². The highest BCUT2D eigenvalue weighted by Gasteiger charge is 2.20. The molecule has 0 amide bonds. The van der Waals surface area contributed by atoms with Gasteiger partial charge in [0, 0.05) is 0 Å². The number of halogens is 1. The molecule has 1 aromatic carbocycles. The van der Waals surface area contributed by atoms with Gasteiger partial charge in [-0.2, -0.15) is 0 Å². The first-order chi connectivity index (χ1) is 10.1. The lowest BCUT2D eigenvalue weighted by Crippen LogP contribution is -1.90. The number of nitrogens with zero attached hydrogens (tertiary/aromatic N) is 1. The van der Waals surface area contributed by atoms with Gasteiger partial charge in [0.2, 0.25) is 5.76 Å². The lowest BCUT2D eigenvalue weighted by Gasteiger charge is -2.06. The Hall–Kier alpha value is -2.01. The maximum Gasteiger partial charge on any atom is 0.212 e. The van der Waals surface area contributed by atoms with Gasteiger partial charge in [-0.1, -0.05) is 43.3 Å². The lowest BCUT2D eigenvalue weighted by atomic mass is 9.98. The maximum absolute atomic E-state index is 5.96. The molecule has 2 aromatic heterocycles. The summed E-state index contributed by atoms with van der Waals surface area (Å²) in [4.78, 5) is 0. The van der Waals surface area contributed by atoms with Crippen LogP contribution in [-0.2, 0) is 0 Å². The van der Waals surface area contributed by atoms with E-state index in [1.807, 2.05) is 18.2 Å². The van der Waals surface area contributed by atoms with Crippen LogP contribution in [0.5, 0.6) is 0 Å². The fourth-order valence-corrected chi connectivity index (χ4v) is 2.53. The molecule has 0 fully saturated rings. The van der Waals surface area contributed by atoms with Gasteiger partial charge in [0.15, 0.2) is 16.2 Å². The Labute approximate surface area is 131 Å². The second-order valence-corrected chi connectivity index (χ2v) is 5.93. The summed E-state index contributed by atoms with van der Waals surface area (Å²) in [6.45, 7) is 4.32. The molecule has 3 rings (SSSR count).